The average Bonchev–Trinajstić information content (AvgIpc) is 3.08. The number of hydrogen-bond acceptors (Lipinski definition) is 6. The van der Waals surface area contributed by atoms with Gasteiger partial charge in [0.25, 0.3) is 0 Å². The fourth-order valence-electron chi connectivity index (χ4n) is 3.58. The van der Waals surface area contributed by atoms with Crippen LogP contribution >= 0.6 is 0 Å². The standard InChI is InChI=1S/C22H31N5O2Si/c1-17-5-6-19-18(13-17)22(27(25-19)16-29-11-12-30(2,3)4)20-14-21(24-15-23-20)26-7-9-28-10-8-26/h5-6,13-15H,7-12,16H2,1-4H3. The molecule has 160 valence electrons. The lowest BCUT2D eigenvalue weighted by Crippen LogP contribution is -2.36. The van der Waals surface area contributed by atoms with Crippen LogP contribution in [0.5, 0.6) is 0 Å². The first kappa shape index (κ1) is 21.0. The number of fused-ring (bicyclic) bond motifs is 1. The molecule has 7 nitrogen and oxygen atoms in total. The van der Waals surface area contributed by atoms with E-state index in [4.69, 9.17) is 14.6 Å². The van der Waals surface area contributed by atoms with E-state index in [1.54, 1.807) is 6.33 Å². The zero-order chi connectivity index (χ0) is 21.1. The Labute approximate surface area is 179 Å². The van der Waals surface area contributed by atoms with Crippen LogP contribution in [0.3, 0.4) is 0 Å². The second-order valence-corrected chi connectivity index (χ2v) is 14.7. The Morgan fingerprint density at radius 2 is 1.90 bits per heavy atom. The van der Waals surface area contributed by atoms with Gasteiger partial charge in [-0.2, -0.15) is 5.10 Å². The maximum Gasteiger partial charge on any atom is 0.140 e. The fourth-order valence-corrected chi connectivity index (χ4v) is 4.34. The maximum absolute atomic E-state index is 6.03. The van der Waals surface area contributed by atoms with Crippen LogP contribution < -0.4 is 4.90 Å². The summed E-state index contributed by atoms with van der Waals surface area (Å²) in [5, 5.41) is 5.91. The van der Waals surface area contributed by atoms with Crippen LogP contribution in [-0.4, -0.2) is 60.7 Å². The zero-order valence-corrected chi connectivity index (χ0v) is 19.4. The minimum absolute atomic E-state index is 0.421. The lowest BCUT2D eigenvalue weighted by atomic mass is 10.1. The summed E-state index contributed by atoms with van der Waals surface area (Å²) >= 11 is 0. The number of hydrogen-bond donors (Lipinski definition) is 0. The first-order valence-electron chi connectivity index (χ1n) is 10.6. The van der Waals surface area contributed by atoms with E-state index in [9.17, 15) is 0 Å². The largest absolute Gasteiger partial charge is 0.378 e. The zero-order valence-electron chi connectivity index (χ0n) is 18.4. The number of aromatic nitrogens is 4. The van der Waals surface area contributed by atoms with E-state index < -0.39 is 8.07 Å². The second kappa shape index (κ2) is 8.83. The topological polar surface area (TPSA) is 65.3 Å². The summed E-state index contributed by atoms with van der Waals surface area (Å²) in [5.41, 5.74) is 4.01. The van der Waals surface area contributed by atoms with E-state index in [1.165, 1.54) is 5.56 Å². The molecule has 0 atom stereocenters. The van der Waals surface area contributed by atoms with Crippen molar-refractivity contribution in [3.63, 3.8) is 0 Å². The van der Waals surface area contributed by atoms with Gasteiger partial charge in [-0.25, -0.2) is 14.6 Å². The number of aryl methyl sites for hydroxylation is 1. The van der Waals surface area contributed by atoms with Crippen molar-refractivity contribution in [2.75, 3.05) is 37.8 Å². The van der Waals surface area contributed by atoms with E-state index in [0.717, 1.165) is 67.1 Å². The molecule has 2 aromatic heterocycles. The molecule has 0 unspecified atom stereocenters. The van der Waals surface area contributed by atoms with Crippen molar-refractivity contribution in [3.05, 3.63) is 36.2 Å². The van der Waals surface area contributed by atoms with Gasteiger partial charge in [-0.05, 0) is 25.1 Å². The highest BCUT2D eigenvalue weighted by Gasteiger charge is 2.19. The Kier molecular flexibility index (Phi) is 6.17. The van der Waals surface area contributed by atoms with Gasteiger partial charge in [-0.3, -0.25) is 0 Å². The van der Waals surface area contributed by atoms with E-state index in [-0.39, 0.29) is 0 Å². The molecule has 30 heavy (non-hydrogen) atoms. The minimum Gasteiger partial charge on any atom is -0.378 e. The van der Waals surface area contributed by atoms with Gasteiger partial charge in [0.1, 0.15) is 18.9 Å². The third-order valence-electron chi connectivity index (χ3n) is 5.33. The highest BCUT2D eigenvalue weighted by atomic mass is 28.3. The normalized spacial score (nSPS) is 15.1. The lowest BCUT2D eigenvalue weighted by Gasteiger charge is -2.27. The molecule has 0 aliphatic carbocycles. The molecule has 1 aliphatic rings. The third-order valence-corrected chi connectivity index (χ3v) is 7.04. The van der Waals surface area contributed by atoms with Gasteiger partial charge >= 0.3 is 0 Å². The molecule has 0 N–H and O–H groups in total. The number of ether oxygens (including phenoxy) is 2. The number of anilines is 1. The van der Waals surface area contributed by atoms with Crippen LogP contribution in [0.4, 0.5) is 5.82 Å². The van der Waals surface area contributed by atoms with Crippen LogP contribution in [0.2, 0.25) is 25.7 Å². The van der Waals surface area contributed by atoms with Crippen LogP contribution in [0, 0.1) is 6.92 Å². The number of morpholine rings is 1. The van der Waals surface area contributed by atoms with Crippen molar-refractivity contribution < 1.29 is 9.47 Å². The van der Waals surface area contributed by atoms with Crippen LogP contribution in [0.1, 0.15) is 5.56 Å². The van der Waals surface area contributed by atoms with Gasteiger partial charge in [-0.15, -0.1) is 0 Å². The molecule has 4 rings (SSSR count). The summed E-state index contributed by atoms with van der Waals surface area (Å²) in [6.07, 6.45) is 1.64. The molecule has 0 bridgehead atoms. The second-order valence-electron chi connectivity index (χ2n) is 9.08. The minimum atomic E-state index is -1.13. The van der Waals surface area contributed by atoms with Gasteiger partial charge in [0, 0.05) is 39.2 Å². The summed E-state index contributed by atoms with van der Waals surface area (Å²) in [7, 11) is -1.13. The molecule has 1 fully saturated rings. The molecule has 3 heterocycles. The van der Waals surface area contributed by atoms with Gasteiger partial charge in [-0.1, -0.05) is 31.3 Å². The maximum atomic E-state index is 6.03. The van der Waals surface area contributed by atoms with Gasteiger partial charge in [0.15, 0.2) is 0 Å². The van der Waals surface area contributed by atoms with Crippen LogP contribution in [-0.2, 0) is 16.2 Å². The molecule has 8 heteroatoms. The SMILES string of the molecule is Cc1ccc2nn(COCC[Si](C)(C)C)c(-c3cc(N4CCOCC4)ncn3)c2c1. The number of rotatable bonds is 7. The fraction of sp³-hybridized carbons (Fsp3) is 0.500. The highest BCUT2D eigenvalue weighted by molar-refractivity contribution is 6.76. The van der Waals surface area contributed by atoms with Gasteiger partial charge in [0.2, 0.25) is 0 Å². The van der Waals surface area contributed by atoms with E-state index in [1.807, 2.05) is 4.68 Å². The van der Waals surface area contributed by atoms with Crippen molar-refractivity contribution in [3.8, 4) is 11.4 Å². The Hall–Kier alpha value is -2.29. The summed E-state index contributed by atoms with van der Waals surface area (Å²) < 4.78 is 13.5. The van der Waals surface area contributed by atoms with Crippen molar-refractivity contribution in [2.24, 2.45) is 0 Å². The third kappa shape index (κ3) is 4.88. The van der Waals surface area contributed by atoms with E-state index in [0.29, 0.717) is 6.73 Å². The molecule has 1 aliphatic heterocycles. The molecule has 0 radical (unpaired) electrons. The molecular weight excluding hydrogens is 394 g/mol. The Bertz CT molecular complexity index is 1010. The smallest absolute Gasteiger partial charge is 0.140 e. The molecule has 0 amide bonds. The summed E-state index contributed by atoms with van der Waals surface area (Å²) in [6.45, 7) is 13.5. The highest BCUT2D eigenvalue weighted by Crippen LogP contribution is 2.30. The Balaban J connectivity index is 1.67. The first-order chi connectivity index (χ1) is 14.4. The predicted molar refractivity (Wildman–Crippen MR) is 123 cm³/mol. The predicted octanol–water partition coefficient (Wildman–Crippen LogP) is 3.95. The van der Waals surface area contributed by atoms with E-state index >= 15 is 0 Å². The Morgan fingerprint density at radius 1 is 1.10 bits per heavy atom. The first-order valence-corrected chi connectivity index (χ1v) is 14.3. The van der Waals surface area contributed by atoms with Crippen molar-refractivity contribution in [1.82, 2.24) is 19.7 Å². The summed E-state index contributed by atoms with van der Waals surface area (Å²) in [4.78, 5) is 11.4. The number of nitrogens with zero attached hydrogens (tertiary/aromatic N) is 5. The quantitative estimate of drug-likeness (QED) is 0.422. The van der Waals surface area contributed by atoms with Gasteiger partial charge in [0.05, 0.1) is 30.1 Å². The van der Waals surface area contributed by atoms with Crippen molar-refractivity contribution in [1.29, 1.82) is 0 Å². The molecule has 1 aromatic carbocycles. The molecule has 1 saturated heterocycles. The average molecular weight is 426 g/mol. The molecule has 0 saturated carbocycles. The van der Waals surface area contributed by atoms with E-state index in [2.05, 4.69) is 65.7 Å². The lowest BCUT2D eigenvalue weighted by molar-refractivity contribution is 0.0802. The number of benzene rings is 1. The molecule has 3 aromatic rings. The molecule has 0 spiro atoms. The summed E-state index contributed by atoms with van der Waals surface area (Å²) in [5.74, 6) is 0.927. The Morgan fingerprint density at radius 3 is 2.67 bits per heavy atom. The van der Waals surface area contributed by atoms with Crippen molar-refractivity contribution >= 4 is 24.8 Å². The van der Waals surface area contributed by atoms with Gasteiger partial charge < -0.3 is 14.4 Å². The van der Waals surface area contributed by atoms with Crippen LogP contribution in [0.25, 0.3) is 22.3 Å². The van der Waals surface area contributed by atoms with Crippen molar-refractivity contribution in [2.45, 2.75) is 39.3 Å². The van der Waals surface area contributed by atoms with Crippen LogP contribution in [0.15, 0.2) is 30.6 Å². The monoisotopic (exact) mass is 425 g/mol. The molecular formula is C22H31N5O2Si. The summed E-state index contributed by atoms with van der Waals surface area (Å²) in [6, 6.07) is 9.53.